The fourth-order valence-electron chi connectivity index (χ4n) is 2.33. The van der Waals surface area contributed by atoms with Gasteiger partial charge in [0.25, 0.3) is 0 Å². The topological polar surface area (TPSA) is 24.5 Å². The van der Waals surface area contributed by atoms with Crippen molar-refractivity contribution in [1.82, 2.24) is 5.32 Å². The highest BCUT2D eigenvalue weighted by Crippen LogP contribution is 2.28. The second-order valence-electron chi connectivity index (χ2n) is 4.80. The molecule has 4 heteroatoms. The molecule has 3 nitrogen and oxygen atoms in total. The van der Waals surface area contributed by atoms with Crippen LogP contribution in [0, 0.1) is 0 Å². The number of hydrogen-bond acceptors (Lipinski definition) is 3. The van der Waals surface area contributed by atoms with E-state index in [1.807, 2.05) is 7.05 Å². The molecule has 1 aliphatic heterocycles. The van der Waals surface area contributed by atoms with Gasteiger partial charge >= 0.3 is 0 Å². The first-order valence-electron chi connectivity index (χ1n) is 6.50. The molecule has 0 aromatic heterocycles. The normalized spacial score (nSPS) is 20.8. The number of nitrogens with zero attached hydrogens (tertiary/aromatic N) is 1. The minimum atomic E-state index is 0.302. The van der Waals surface area contributed by atoms with Crippen molar-refractivity contribution in [3.8, 4) is 0 Å². The third-order valence-corrected chi connectivity index (χ3v) is 3.82. The predicted molar refractivity (Wildman–Crippen MR) is 79.1 cm³/mol. The average Bonchev–Trinajstić information content (AvgIpc) is 2.54. The van der Waals surface area contributed by atoms with Gasteiger partial charge in [-0.1, -0.05) is 6.07 Å². The molecule has 1 heterocycles. The van der Waals surface area contributed by atoms with Crippen molar-refractivity contribution in [1.29, 1.82) is 0 Å². The molecule has 0 aliphatic carbocycles. The Morgan fingerprint density at radius 1 is 1.50 bits per heavy atom. The molecular weight excluding hydrogens is 292 g/mol. The van der Waals surface area contributed by atoms with Crippen LogP contribution < -0.4 is 10.2 Å². The van der Waals surface area contributed by atoms with Gasteiger partial charge in [-0.15, -0.1) is 0 Å². The van der Waals surface area contributed by atoms with E-state index in [9.17, 15) is 0 Å². The summed E-state index contributed by atoms with van der Waals surface area (Å²) in [5.41, 5.74) is 2.57. The number of benzene rings is 1. The van der Waals surface area contributed by atoms with Crippen molar-refractivity contribution in [3.63, 3.8) is 0 Å². The zero-order valence-corrected chi connectivity index (χ0v) is 12.7. The van der Waals surface area contributed by atoms with E-state index in [2.05, 4.69) is 51.3 Å². The molecule has 18 heavy (non-hydrogen) atoms. The summed E-state index contributed by atoms with van der Waals surface area (Å²) in [6.45, 7) is 5.94. The van der Waals surface area contributed by atoms with Gasteiger partial charge in [-0.3, -0.25) is 0 Å². The Bertz CT molecular complexity index is 397. The Morgan fingerprint density at radius 2 is 2.33 bits per heavy atom. The molecular formula is C14H21BrN2O. The summed E-state index contributed by atoms with van der Waals surface area (Å²) in [4.78, 5) is 2.41. The van der Waals surface area contributed by atoms with E-state index in [-0.39, 0.29) is 0 Å². The van der Waals surface area contributed by atoms with Crippen molar-refractivity contribution in [2.45, 2.75) is 26.0 Å². The summed E-state index contributed by atoms with van der Waals surface area (Å²) in [6.07, 6.45) is 1.39. The van der Waals surface area contributed by atoms with E-state index in [1.165, 1.54) is 15.7 Å². The van der Waals surface area contributed by atoms with E-state index in [0.717, 1.165) is 32.7 Å². The molecule has 100 valence electrons. The molecule has 1 atom stereocenters. The molecule has 0 bridgehead atoms. The van der Waals surface area contributed by atoms with Gasteiger partial charge in [0.1, 0.15) is 0 Å². The summed E-state index contributed by atoms with van der Waals surface area (Å²) < 4.78 is 6.86. The van der Waals surface area contributed by atoms with Crippen molar-refractivity contribution in [2.24, 2.45) is 0 Å². The first kappa shape index (κ1) is 13.8. The number of halogens is 1. The van der Waals surface area contributed by atoms with Gasteiger partial charge in [0, 0.05) is 30.7 Å². The molecule has 1 aliphatic rings. The van der Waals surface area contributed by atoms with Crippen LogP contribution in [0.4, 0.5) is 5.69 Å². The van der Waals surface area contributed by atoms with Gasteiger partial charge in [0.15, 0.2) is 0 Å². The van der Waals surface area contributed by atoms with Gasteiger partial charge in [0.05, 0.1) is 11.8 Å². The van der Waals surface area contributed by atoms with Crippen LogP contribution in [0.15, 0.2) is 22.7 Å². The summed E-state index contributed by atoms with van der Waals surface area (Å²) in [6, 6.07) is 6.59. The van der Waals surface area contributed by atoms with E-state index in [0.29, 0.717) is 6.10 Å². The molecule has 1 saturated heterocycles. The Kier molecular flexibility index (Phi) is 5.03. The Hall–Kier alpha value is -0.580. The molecule has 0 spiro atoms. The molecule has 1 fully saturated rings. The molecule has 0 amide bonds. The third-order valence-electron chi connectivity index (χ3n) is 3.19. The zero-order valence-electron chi connectivity index (χ0n) is 11.1. The summed E-state index contributed by atoms with van der Waals surface area (Å²) in [7, 11) is 1.97. The maximum absolute atomic E-state index is 5.69. The minimum absolute atomic E-state index is 0.302. The van der Waals surface area contributed by atoms with Gasteiger partial charge in [0.2, 0.25) is 0 Å². The Morgan fingerprint density at radius 3 is 3.06 bits per heavy atom. The number of hydrogen-bond donors (Lipinski definition) is 1. The first-order chi connectivity index (χ1) is 8.70. The molecule has 0 radical (unpaired) electrons. The standard InChI is InChI=1S/C14H21BrN2O/c1-11-10-17(6-3-7-18-11)14-5-4-12(9-16-2)8-13(14)15/h4-5,8,11,16H,3,6-7,9-10H2,1-2H3. The number of anilines is 1. The van der Waals surface area contributed by atoms with Crippen LogP contribution >= 0.6 is 15.9 Å². The summed E-state index contributed by atoms with van der Waals surface area (Å²) in [5, 5.41) is 3.17. The van der Waals surface area contributed by atoms with Gasteiger partial charge in [-0.2, -0.15) is 0 Å². The van der Waals surface area contributed by atoms with Crippen LogP contribution in [-0.4, -0.2) is 32.8 Å². The molecule has 1 unspecified atom stereocenters. The molecule has 1 aromatic carbocycles. The number of ether oxygens (including phenoxy) is 1. The van der Waals surface area contributed by atoms with Crippen molar-refractivity contribution in [2.75, 3.05) is 31.6 Å². The number of rotatable bonds is 3. The van der Waals surface area contributed by atoms with Crippen LogP contribution in [0.5, 0.6) is 0 Å². The highest BCUT2D eigenvalue weighted by Gasteiger charge is 2.17. The predicted octanol–water partition coefficient (Wildman–Crippen LogP) is 2.78. The minimum Gasteiger partial charge on any atom is -0.377 e. The highest BCUT2D eigenvalue weighted by molar-refractivity contribution is 9.10. The average molecular weight is 313 g/mol. The second-order valence-corrected chi connectivity index (χ2v) is 5.65. The van der Waals surface area contributed by atoms with E-state index in [1.54, 1.807) is 0 Å². The lowest BCUT2D eigenvalue weighted by Gasteiger charge is -2.25. The van der Waals surface area contributed by atoms with E-state index < -0.39 is 0 Å². The van der Waals surface area contributed by atoms with Crippen molar-refractivity contribution >= 4 is 21.6 Å². The molecule has 1 aromatic rings. The fourth-order valence-corrected chi connectivity index (χ4v) is 3.01. The van der Waals surface area contributed by atoms with Crippen LogP contribution in [0.3, 0.4) is 0 Å². The first-order valence-corrected chi connectivity index (χ1v) is 7.29. The molecule has 2 rings (SSSR count). The van der Waals surface area contributed by atoms with Crippen molar-refractivity contribution < 1.29 is 4.74 Å². The Balaban J connectivity index is 2.16. The highest BCUT2D eigenvalue weighted by atomic mass is 79.9. The number of nitrogens with one attached hydrogen (secondary N) is 1. The van der Waals surface area contributed by atoms with E-state index >= 15 is 0 Å². The SMILES string of the molecule is CNCc1ccc(N2CCCOC(C)C2)c(Br)c1. The monoisotopic (exact) mass is 312 g/mol. The van der Waals surface area contributed by atoms with Crippen LogP contribution in [-0.2, 0) is 11.3 Å². The lowest BCUT2D eigenvalue weighted by molar-refractivity contribution is 0.0821. The molecule has 1 N–H and O–H groups in total. The zero-order chi connectivity index (χ0) is 13.0. The van der Waals surface area contributed by atoms with Crippen LogP contribution in [0.2, 0.25) is 0 Å². The van der Waals surface area contributed by atoms with Crippen LogP contribution in [0.1, 0.15) is 18.9 Å². The van der Waals surface area contributed by atoms with Crippen molar-refractivity contribution in [3.05, 3.63) is 28.2 Å². The second kappa shape index (κ2) is 6.55. The van der Waals surface area contributed by atoms with Gasteiger partial charge in [-0.05, 0) is 54.0 Å². The van der Waals surface area contributed by atoms with Gasteiger partial charge < -0.3 is 15.0 Å². The lowest BCUT2D eigenvalue weighted by atomic mass is 10.2. The summed E-state index contributed by atoms with van der Waals surface area (Å²) >= 11 is 3.69. The smallest absolute Gasteiger partial charge is 0.0721 e. The van der Waals surface area contributed by atoms with Gasteiger partial charge in [-0.25, -0.2) is 0 Å². The maximum Gasteiger partial charge on any atom is 0.0721 e. The Labute approximate surface area is 118 Å². The summed E-state index contributed by atoms with van der Waals surface area (Å²) in [5.74, 6) is 0. The van der Waals surface area contributed by atoms with E-state index in [4.69, 9.17) is 4.74 Å². The fraction of sp³-hybridized carbons (Fsp3) is 0.571. The van der Waals surface area contributed by atoms with Crippen LogP contribution in [0.25, 0.3) is 0 Å². The lowest BCUT2D eigenvalue weighted by Crippen LogP contribution is -2.30. The quantitative estimate of drug-likeness (QED) is 0.929. The maximum atomic E-state index is 5.69. The molecule has 0 saturated carbocycles. The third kappa shape index (κ3) is 3.46. The largest absolute Gasteiger partial charge is 0.377 e.